The van der Waals surface area contributed by atoms with Crippen molar-refractivity contribution in [3.05, 3.63) is 35.4 Å². The summed E-state index contributed by atoms with van der Waals surface area (Å²) in [6.45, 7) is 4.10. The molecule has 1 N–H and O–H groups in total. The third-order valence-corrected chi connectivity index (χ3v) is 3.09. The summed E-state index contributed by atoms with van der Waals surface area (Å²) < 4.78 is 0. The number of hydrogen-bond donors (Lipinski definition) is 1. The predicted molar refractivity (Wildman–Crippen MR) is 53.7 cm³/mol. The van der Waals surface area contributed by atoms with E-state index >= 15 is 0 Å². The van der Waals surface area contributed by atoms with E-state index in [0.29, 0.717) is 5.41 Å². The summed E-state index contributed by atoms with van der Waals surface area (Å²) in [4.78, 5) is 0. The van der Waals surface area contributed by atoms with Crippen LogP contribution in [-0.2, 0) is 5.41 Å². The molecule has 1 aromatic rings. The van der Waals surface area contributed by atoms with Crippen LogP contribution in [0.3, 0.4) is 0 Å². The van der Waals surface area contributed by atoms with E-state index in [1.165, 1.54) is 18.4 Å². The molecule has 1 unspecified atom stereocenters. The molecule has 70 valence electrons. The van der Waals surface area contributed by atoms with Gasteiger partial charge in [-0.15, -0.1) is 0 Å². The summed E-state index contributed by atoms with van der Waals surface area (Å²) in [5, 5.41) is 9.33. The van der Waals surface area contributed by atoms with Crippen LogP contribution >= 0.6 is 0 Å². The zero-order chi connectivity index (χ0) is 9.47. The Morgan fingerprint density at radius 2 is 1.77 bits per heavy atom. The van der Waals surface area contributed by atoms with Gasteiger partial charge in [0.25, 0.3) is 0 Å². The molecule has 0 spiro atoms. The van der Waals surface area contributed by atoms with Crippen LogP contribution in [-0.4, -0.2) is 5.11 Å². The Morgan fingerprint density at radius 3 is 2.15 bits per heavy atom. The lowest BCUT2D eigenvalue weighted by Crippen LogP contribution is -2.00. The Kier molecular flexibility index (Phi) is 1.92. The van der Waals surface area contributed by atoms with Crippen molar-refractivity contribution in [2.24, 2.45) is 0 Å². The van der Waals surface area contributed by atoms with E-state index in [-0.39, 0.29) is 6.10 Å². The van der Waals surface area contributed by atoms with E-state index in [4.69, 9.17) is 0 Å². The van der Waals surface area contributed by atoms with Crippen molar-refractivity contribution < 1.29 is 5.11 Å². The van der Waals surface area contributed by atoms with E-state index in [2.05, 4.69) is 19.1 Å². The Bertz CT molecular complexity index is 293. The normalized spacial score (nSPS) is 21.2. The molecule has 1 saturated carbocycles. The molecule has 1 aromatic carbocycles. The first kappa shape index (κ1) is 8.76. The molecule has 0 heterocycles. The van der Waals surface area contributed by atoms with Crippen LogP contribution in [0.2, 0.25) is 0 Å². The molecular weight excluding hydrogens is 160 g/mol. The molecule has 0 amide bonds. The van der Waals surface area contributed by atoms with Crippen molar-refractivity contribution in [2.75, 3.05) is 0 Å². The summed E-state index contributed by atoms with van der Waals surface area (Å²) in [6, 6.07) is 8.36. The molecule has 1 aliphatic carbocycles. The molecule has 0 aliphatic heterocycles. The third-order valence-electron chi connectivity index (χ3n) is 3.09. The lowest BCUT2D eigenvalue weighted by atomic mass is 9.96. The van der Waals surface area contributed by atoms with Crippen LogP contribution in [0.4, 0.5) is 0 Å². The monoisotopic (exact) mass is 176 g/mol. The first-order chi connectivity index (χ1) is 6.12. The van der Waals surface area contributed by atoms with Crippen molar-refractivity contribution in [2.45, 2.75) is 38.2 Å². The van der Waals surface area contributed by atoms with Gasteiger partial charge in [-0.2, -0.15) is 0 Å². The molecule has 0 aromatic heterocycles. The number of rotatable bonds is 2. The number of aliphatic hydroxyl groups is 1. The maximum absolute atomic E-state index is 9.33. The summed E-state index contributed by atoms with van der Waals surface area (Å²) in [5.41, 5.74) is 2.86. The predicted octanol–water partition coefficient (Wildman–Crippen LogP) is 2.79. The van der Waals surface area contributed by atoms with Crippen molar-refractivity contribution in [1.29, 1.82) is 0 Å². The van der Waals surface area contributed by atoms with Gasteiger partial charge in [0.05, 0.1) is 6.10 Å². The topological polar surface area (TPSA) is 20.2 Å². The van der Waals surface area contributed by atoms with Crippen LogP contribution in [0.15, 0.2) is 24.3 Å². The maximum atomic E-state index is 9.33. The SMILES string of the molecule is CC(O)c1ccc(C2(C)CC2)cc1. The van der Waals surface area contributed by atoms with Crippen molar-refractivity contribution in [3.63, 3.8) is 0 Å². The smallest absolute Gasteiger partial charge is 0.0761 e. The fourth-order valence-corrected chi connectivity index (χ4v) is 1.64. The zero-order valence-electron chi connectivity index (χ0n) is 8.25. The molecule has 0 radical (unpaired) electrons. The minimum atomic E-state index is -0.346. The molecule has 0 bridgehead atoms. The van der Waals surface area contributed by atoms with Gasteiger partial charge < -0.3 is 5.11 Å². The first-order valence-corrected chi connectivity index (χ1v) is 4.90. The Labute approximate surface area is 79.4 Å². The fraction of sp³-hybridized carbons (Fsp3) is 0.500. The van der Waals surface area contributed by atoms with Gasteiger partial charge in [-0.25, -0.2) is 0 Å². The van der Waals surface area contributed by atoms with E-state index in [1.54, 1.807) is 6.92 Å². The highest BCUT2D eigenvalue weighted by molar-refractivity contribution is 5.33. The highest BCUT2D eigenvalue weighted by Gasteiger charge is 2.38. The zero-order valence-corrected chi connectivity index (χ0v) is 8.25. The molecule has 1 aliphatic rings. The number of benzene rings is 1. The van der Waals surface area contributed by atoms with Gasteiger partial charge in [0.2, 0.25) is 0 Å². The van der Waals surface area contributed by atoms with E-state index in [0.717, 1.165) is 5.56 Å². The van der Waals surface area contributed by atoms with Crippen LogP contribution in [0.5, 0.6) is 0 Å². The maximum Gasteiger partial charge on any atom is 0.0761 e. The lowest BCUT2D eigenvalue weighted by Gasteiger charge is -2.10. The molecule has 1 nitrogen and oxygen atoms in total. The van der Waals surface area contributed by atoms with Gasteiger partial charge in [-0.1, -0.05) is 31.2 Å². The minimum absolute atomic E-state index is 0.346. The highest BCUT2D eigenvalue weighted by atomic mass is 16.3. The second-order valence-electron chi connectivity index (χ2n) is 4.36. The number of aliphatic hydroxyl groups excluding tert-OH is 1. The fourth-order valence-electron chi connectivity index (χ4n) is 1.64. The summed E-state index contributed by atoms with van der Waals surface area (Å²) in [7, 11) is 0. The summed E-state index contributed by atoms with van der Waals surface area (Å²) in [5.74, 6) is 0. The lowest BCUT2D eigenvalue weighted by molar-refractivity contribution is 0.199. The second-order valence-corrected chi connectivity index (χ2v) is 4.36. The Morgan fingerprint density at radius 1 is 1.23 bits per heavy atom. The molecular formula is C12H16O. The minimum Gasteiger partial charge on any atom is -0.389 e. The standard InChI is InChI=1S/C12H16O/c1-9(13)10-3-5-11(6-4-10)12(2)7-8-12/h3-6,9,13H,7-8H2,1-2H3. The average Bonchev–Trinajstić information content (AvgIpc) is 2.85. The van der Waals surface area contributed by atoms with Crippen molar-refractivity contribution in [3.8, 4) is 0 Å². The van der Waals surface area contributed by atoms with E-state index in [9.17, 15) is 5.11 Å². The molecule has 0 saturated heterocycles. The largest absolute Gasteiger partial charge is 0.389 e. The molecule has 1 fully saturated rings. The van der Waals surface area contributed by atoms with Gasteiger partial charge in [0, 0.05) is 0 Å². The van der Waals surface area contributed by atoms with Gasteiger partial charge in [-0.05, 0) is 36.3 Å². The second kappa shape index (κ2) is 2.85. The highest BCUT2D eigenvalue weighted by Crippen LogP contribution is 2.47. The molecule has 1 heteroatoms. The quantitative estimate of drug-likeness (QED) is 0.734. The third kappa shape index (κ3) is 1.61. The van der Waals surface area contributed by atoms with E-state index in [1.807, 2.05) is 12.1 Å². The summed E-state index contributed by atoms with van der Waals surface area (Å²) >= 11 is 0. The van der Waals surface area contributed by atoms with Gasteiger partial charge >= 0.3 is 0 Å². The van der Waals surface area contributed by atoms with Crippen molar-refractivity contribution in [1.82, 2.24) is 0 Å². The first-order valence-electron chi connectivity index (χ1n) is 4.90. The number of hydrogen-bond acceptors (Lipinski definition) is 1. The van der Waals surface area contributed by atoms with Gasteiger partial charge in [0.15, 0.2) is 0 Å². The van der Waals surface area contributed by atoms with Crippen LogP contribution in [0.1, 0.15) is 43.9 Å². The average molecular weight is 176 g/mol. The Balaban J connectivity index is 2.24. The van der Waals surface area contributed by atoms with Gasteiger partial charge in [-0.3, -0.25) is 0 Å². The molecule has 13 heavy (non-hydrogen) atoms. The van der Waals surface area contributed by atoms with Gasteiger partial charge in [0.1, 0.15) is 0 Å². The molecule has 1 atom stereocenters. The van der Waals surface area contributed by atoms with Crippen molar-refractivity contribution >= 4 is 0 Å². The summed E-state index contributed by atoms with van der Waals surface area (Å²) in [6.07, 6.45) is 2.27. The van der Waals surface area contributed by atoms with Crippen LogP contribution in [0, 0.1) is 0 Å². The van der Waals surface area contributed by atoms with E-state index < -0.39 is 0 Å². The Hall–Kier alpha value is -0.820. The molecule has 2 rings (SSSR count). The van der Waals surface area contributed by atoms with Crippen LogP contribution < -0.4 is 0 Å². The van der Waals surface area contributed by atoms with Crippen LogP contribution in [0.25, 0.3) is 0 Å².